The number of benzene rings is 2. The summed E-state index contributed by atoms with van der Waals surface area (Å²) in [4.78, 5) is 45.6. The van der Waals surface area contributed by atoms with E-state index in [0.717, 1.165) is 19.3 Å². The number of nitrogens with two attached hydrogens (primary N) is 1. The minimum atomic E-state index is -0.362. The molecule has 2 unspecified atom stereocenters. The fourth-order valence-electron chi connectivity index (χ4n) is 4.85. The number of halogens is 1. The zero-order chi connectivity index (χ0) is 24.9. The molecule has 8 heteroatoms. The van der Waals surface area contributed by atoms with Crippen molar-refractivity contribution in [3.63, 3.8) is 0 Å². The highest BCUT2D eigenvalue weighted by Crippen LogP contribution is 2.24. The third-order valence-electron chi connectivity index (χ3n) is 6.73. The van der Waals surface area contributed by atoms with E-state index in [1.807, 2.05) is 24.3 Å². The predicted molar refractivity (Wildman–Crippen MR) is 138 cm³/mol. The van der Waals surface area contributed by atoms with Gasteiger partial charge in [0.1, 0.15) is 5.82 Å². The van der Waals surface area contributed by atoms with Crippen molar-refractivity contribution < 1.29 is 9.59 Å². The van der Waals surface area contributed by atoms with Gasteiger partial charge in [0.15, 0.2) is 0 Å². The molecule has 3 aromatic rings. The normalized spacial score (nSPS) is 16.9. The van der Waals surface area contributed by atoms with E-state index in [1.54, 1.807) is 33.7 Å². The number of carbonyl (C=O) groups excluding carboxylic acids is 2. The van der Waals surface area contributed by atoms with Crippen LogP contribution in [0.25, 0.3) is 16.6 Å². The molecule has 2 aromatic carbocycles. The van der Waals surface area contributed by atoms with E-state index in [-0.39, 0.29) is 29.2 Å². The number of piperidine rings is 1. The largest absolute Gasteiger partial charge is 0.369 e. The summed E-state index contributed by atoms with van der Waals surface area (Å²) in [6.07, 6.45) is 4.26. The van der Waals surface area contributed by atoms with Crippen molar-refractivity contribution in [2.45, 2.75) is 45.4 Å². The Labute approximate surface area is 209 Å². The maximum atomic E-state index is 13.7. The Bertz CT molecular complexity index is 1290. The van der Waals surface area contributed by atoms with E-state index in [9.17, 15) is 14.4 Å². The molecule has 2 heterocycles. The molecule has 2 amide bonds. The Morgan fingerprint density at radius 2 is 2.00 bits per heavy atom. The lowest BCUT2D eigenvalue weighted by molar-refractivity contribution is -0.139. The quantitative estimate of drug-likeness (QED) is 0.509. The SMILES string of the molecule is CCCCC(Cc1nc2ccccc2c(=O)n1-c1cccc(Cl)c1)C(=O)N1CCCC(C(N)=O)C1. The molecule has 0 bridgehead atoms. The number of carbonyl (C=O) groups is 2. The van der Waals surface area contributed by atoms with Crippen molar-refractivity contribution >= 4 is 34.3 Å². The Hall–Kier alpha value is -3.19. The fourth-order valence-corrected chi connectivity index (χ4v) is 5.03. The molecule has 7 nitrogen and oxygen atoms in total. The number of para-hydroxylation sites is 1. The zero-order valence-corrected chi connectivity index (χ0v) is 20.7. The van der Waals surface area contributed by atoms with Crippen LogP contribution in [0.1, 0.15) is 44.9 Å². The average Bonchev–Trinajstić information content (AvgIpc) is 2.86. The van der Waals surface area contributed by atoms with Gasteiger partial charge in [0.25, 0.3) is 5.56 Å². The number of nitrogens with zero attached hydrogens (tertiary/aromatic N) is 3. The van der Waals surface area contributed by atoms with Crippen molar-refractivity contribution in [2.75, 3.05) is 13.1 Å². The predicted octanol–water partition coefficient (Wildman–Crippen LogP) is 4.11. The van der Waals surface area contributed by atoms with E-state index in [1.165, 1.54) is 0 Å². The second kappa shape index (κ2) is 11.0. The molecule has 1 aromatic heterocycles. The molecule has 184 valence electrons. The first-order valence-electron chi connectivity index (χ1n) is 12.2. The van der Waals surface area contributed by atoms with Crippen LogP contribution in [-0.4, -0.2) is 39.4 Å². The Balaban J connectivity index is 1.75. The van der Waals surface area contributed by atoms with E-state index >= 15 is 0 Å². The minimum Gasteiger partial charge on any atom is -0.369 e. The van der Waals surface area contributed by atoms with Crippen LogP contribution >= 0.6 is 11.6 Å². The first kappa shape index (κ1) is 24.9. The monoisotopic (exact) mass is 494 g/mol. The molecule has 0 radical (unpaired) electrons. The number of rotatable bonds is 8. The molecular weight excluding hydrogens is 464 g/mol. The van der Waals surface area contributed by atoms with Crippen LogP contribution in [0, 0.1) is 11.8 Å². The lowest BCUT2D eigenvalue weighted by atomic mass is 9.92. The fraction of sp³-hybridized carbons (Fsp3) is 0.407. The summed E-state index contributed by atoms with van der Waals surface area (Å²) >= 11 is 6.25. The van der Waals surface area contributed by atoms with Crippen molar-refractivity contribution in [1.82, 2.24) is 14.5 Å². The summed E-state index contributed by atoms with van der Waals surface area (Å²) in [6, 6.07) is 14.3. The van der Waals surface area contributed by atoms with E-state index in [2.05, 4.69) is 6.92 Å². The van der Waals surface area contributed by atoms with Crippen LogP contribution in [0.15, 0.2) is 53.3 Å². The number of fused-ring (bicyclic) bond motifs is 1. The highest BCUT2D eigenvalue weighted by atomic mass is 35.5. The summed E-state index contributed by atoms with van der Waals surface area (Å²) in [5.74, 6) is -0.528. The van der Waals surface area contributed by atoms with E-state index in [4.69, 9.17) is 22.3 Å². The average molecular weight is 495 g/mol. The molecule has 0 spiro atoms. The van der Waals surface area contributed by atoms with Crippen molar-refractivity contribution in [1.29, 1.82) is 0 Å². The van der Waals surface area contributed by atoms with Crippen LogP contribution in [-0.2, 0) is 16.0 Å². The van der Waals surface area contributed by atoms with Crippen LogP contribution in [0.4, 0.5) is 0 Å². The molecule has 0 aliphatic carbocycles. The lowest BCUT2D eigenvalue weighted by Gasteiger charge is -2.34. The highest BCUT2D eigenvalue weighted by Gasteiger charge is 2.32. The molecule has 1 aliphatic heterocycles. The molecule has 1 aliphatic rings. The summed E-state index contributed by atoms with van der Waals surface area (Å²) in [6.45, 7) is 3.04. The van der Waals surface area contributed by atoms with Gasteiger partial charge in [0.05, 0.1) is 22.5 Å². The molecule has 4 rings (SSSR count). The molecule has 2 atom stereocenters. The number of hydrogen-bond donors (Lipinski definition) is 1. The molecule has 1 saturated heterocycles. The summed E-state index contributed by atoms with van der Waals surface area (Å²) in [5.41, 5.74) is 6.56. The van der Waals surface area contributed by atoms with Gasteiger partial charge in [-0.2, -0.15) is 0 Å². The summed E-state index contributed by atoms with van der Waals surface area (Å²) in [5, 5.41) is 1.02. The van der Waals surface area contributed by atoms with Gasteiger partial charge in [-0.1, -0.05) is 49.6 Å². The van der Waals surface area contributed by atoms with Crippen molar-refractivity contribution in [3.8, 4) is 5.69 Å². The van der Waals surface area contributed by atoms with Crippen molar-refractivity contribution in [3.05, 3.63) is 69.7 Å². The van der Waals surface area contributed by atoms with E-state index in [0.29, 0.717) is 59.8 Å². The smallest absolute Gasteiger partial charge is 0.265 e. The van der Waals surface area contributed by atoms with Gasteiger partial charge in [-0.25, -0.2) is 4.98 Å². The third kappa shape index (κ3) is 5.56. The summed E-state index contributed by atoms with van der Waals surface area (Å²) < 4.78 is 1.57. The molecule has 1 fully saturated rings. The number of primary amides is 1. The number of aromatic nitrogens is 2. The number of amides is 2. The van der Waals surface area contributed by atoms with Gasteiger partial charge in [0, 0.05) is 30.5 Å². The van der Waals surface area contributed by atoms with E-state index < -0.39 is 0 Å². The van der Waals surface area contributed by atoms with Crippen LogP contribution < -0.4 is 11.3 Å². The number of likely N-dealkylation sites (tertiary alicyclic amines) is 1. The maximum absolute atomic E-state index is 13.7. The highest BCUT2D eigenvalue weighted by molar-refractivity contribution is 6.30. The van der Waals surface area contributed by atoms with Crippen molar-refractivity contribution in [2.24, 2.45) is 17.6 Å². The topological polar surface area (TPSA) is 98.3 Å². The van der Waals surface area contributed by atoms with Crippen LogP contribution in [0.2, 0.25) is 5.02 Å². The minimum absolute atomic E-state index is 0.00977. The van der Waals surface area contributed by atoms with Gasteiger partial charge >= 0.3 is 0 Å². The van der Waals surface area contributed by atoms with Gasteiger partial charge in [-0.05, 0) is 49.6 Å². The Kier molecular flexibility index (Phi) is 7.86. The second-order valence-electron chi connectivity index (χ2n) is 9.23. The zero-order valence-electron chi connectivity index (χ0n) is 20.0. The first-order valence-corrected chi connectivity index (χ1v) is 12.6. The van der Waals surface area contributed by atoms with Gasteiger partial charge in [-0.3, -0.25) is 19.0 Å². The molecule has 2 N–H and O–H groups in total. The molecule has 0 saturated carbocycles. The van der Waals surface area contributed by atoms with Gasteiger partial charge in [0.2, 0.25) is 11.8 Å². The number of unbranched alkanes of at least 4 members (excludes halogenated alkanes) is 1. The standard InChI is InChI=1S/C27H31ClN4O3/c1-2-3-8-18(26(34)31-14-7-9-19(17-31)25(29)33)15-24-30-23-13-5-4-12-22(23)27(35)32(24)21-11-6-10-20(28)16-21/h4-6,10-13,16,18-19H,2-3,7-9,14-15,17H2,1H3,(H2,29,33). The number of hydrogen-bond acceptors (Lipinski definition) is 4. The Morgan fingerprint density at radius 3 is 2.74 bits per heavy atom. The molecular formula is C27H31ClN4O3. The van der Waals surface area contributed by atoms with Crippen LogP contribution in [0.5, 0.6) is 0 Å². The van der Waals surface area contributed by atoms with Crippen LogP contribution in [0.3, 0.4) is 0 Å². The maximum Gasteiger partial charge on any atom is 0.265 e. The van der Waals surface area contributed by atoms with Gasteiger partial charge in [-0.15, -0.1) is 0 Å². The summed E-state index contributed by atoms with van der Waals surface area (Å²) in [7, 11) is 0. The first-order chi connectivity index (χ1) is 16.9. The third-order valence-corrected chi connectivity index (χ3v) is 6.97. The molecule has 35 heavy (non-hydrogen) atoms. The van der Waals surface area contributed by atoms with Gasteiger partial charge < -0.3 is 10.6 Å². The Morgan fingerprint density at radius 1 is 1.20 bits per heavy atom. The lowest BCUT2D eigenvalue weighted by Crippen LogP contribution is -2.46. The second-order valence-corrected chi connectivity index (χ2v) is 9.67.